The van der Waals surface area contributed by atoms with E-state index in [2.05, 4.69) is 15.5 Å². The lowest BCUT2D eigenvalue weighted by Crippen LogP contribution is -2.12. The van der Waals surface area contributed by atoms with E-state index in [4.69, 9.17) is 16.1 Å². The Hall–Kier alpha value is -0.910. The predicted molar refractivity (Wildman–Crippen MR) is 64.7 cm³/mol. The van der Waals surface area contributed by atoms with Gasteiger partial charge in [0.15, 0.2) is 5.82 Å². The number of hydrogen-bond acceptors (Lipinski definition) is 5. The summed E-state index contributed by atoms with van der Waals surface area (Å²) < 4.78 is 5.17. The molecule has 0 aliphatic rings. The lowest BCUT2D eigenvalue weighted by atomic mass is 10.3. The number of halogens is 1. The van der Waals surface area contributed by atoms with Crippen LogP contribution in [0.3, 0.4) is 0 Å². The molecule has 2 aromatic rings. The van der Waals surface area contributed by atoms with Crippen molar-refractivity contribution in [1.29, 1.82) is 0 Å². The van der Waals surface area contributed by atoms with Crippen LogP contribution in [0, 0.1) is 6.92 Å². The number of nitrogens with one attached hydrogen (secondary N) is 1. The van der Waals surface area contributed by atoms with Crippen LogP contribution in [0.15, 0.2) is 9.90 Å². The molecule has 0 aromatic carbocycles. The van der Waals surface area contributed by atoms with Gasteiger partial charge in [-0.15, -0.1) is 11.3 Å². The monoisotopic (exact) mass is 257 g/mol. The van der Waals surface area contributed by atoms with Crippen molar-refractivity contribution in [3.8, 4) is 10.8 Å². The van der Waals surface area contributed by atoms with Gasteiger partial charge in [-0.2, -0.15) is 4.98 Å². The van der Waals surface area contributed by atoms with Gasteiger partial charge in [0.25, 0.3) is 5.89 Å². The molecule has 0 saturated carbocycles. The molecule has 0 saturated heterocycles. The minimum Gasteiger partial charge on any atom is -0.333 e. The minimum atomic E-state index is 0.496. The van der Waals surface area contributed by atoms with Crippen molar-refractivity contribution < 1.29 is 4.52 Å². The number of thiophene rings is 1. The zero-order chi connectivity index (χ0) is 11.5. The smallest absolute Gasteiger partial charge is 0.269 e. The Kier molecular flexibility index (Phi) is 3.58. The van der Waals surface area contributed by atoms with E-state index in [1.165, 1.54) is 11.3 Å². The maximum absolute atomic E-state index is 6.12. The Morgan fingerprint density at radius 2 is 2.38 bits per heavy atom. The largest absolute Gasteiger partial charge is 0.333 e. The number of aryl methyl sites for hydroxylation is 1. The van der Waals surface area contributed by atoms with Crippen molar-refractivity contribution in [3.05, 3.63) is 21.8 Å². The van der Waals surface area contributed by atoms with Gasteiger partial charge in [0.2, 0.25) is 0 Å². The van der Waals surface area contributed by atoms with Crippen molar-refractivity contribution >= 4 is 22.9 Å². The van der Waals surface area contributed by atoms with Gasteiger partial charge in [-0.25, -0.2) is 0 Å². The Balaban J connectivity index is 2.21. The van der Waals surface area contributed by atoms with Gasteiger partial charge in [-0.1, -0.05) is 23.7 Å². The molecular weight excluding hydrogens is 246 g/mol. The van der Waals surface area contributed by atoms with E-state index in [0.29, 0.717) is 23.3 Å². The molecule has 0 aliphatic carbocycles. The molecule has 0 unspecified atom stereocenters. The SMILES string of the molecule is CCNCc1noc(-c2scc(C)c2Cl)n1. The zero-order valence-electron chi connectivity index (χ0n) is 9.08. The summed E-state index contributed by atoms with van der Waals surface area (Å²) in [7, 11) is 0. The van der Waals surface area contributed by atoms with Crippen LogP contribution in [0.25, 0.3) is 10.8 Å². The first-order valence-electron chi connectivity index (χ1n) is 4.99. The van der Waals surface area contributed by atoms with E-state index in [1.54, 1.807) is 0 Å². The second-order valence-electron chi connectivity index (χ2n) is 3.36. The number of nitrogens with zero attached hydrogens (tertiary/aromatic N) is 2. The summed E-state index contributed by atoms with van der Waals surface area (Å²) >= 11 is 7.64. The lowest BCUT2D eigenvalue weighted by molar-refractivity contribution is 0.420. The average Bonchev–Trinajstić information content (AvgIpc) is 2.85. The molecule has 0 bridgehead atoms. The molecule has 2 aromatic heterocycles. The summed E-state index contributed by atoms with van der Waals surface area (Å²) in [5.41, 5.74) is 1.04. The first-order chi connectivity index (χ1) is 7.72. The Morgan fingerprint density at radius 1 is 1.56 bits per heavy atom. The van der Waals surface area contributed by atoms with Crippen LogP contribution in [0.1, 0.15) is 18.3 Å². The minimum absolute atomic E-state index is 0.496. The summed E-state index contributed by atoms with van der Waals surface area (Å²) in [4.78, 5) is 5.12. The van der Waals surface area contributed by atoms with Crippen molar-refractivity contribution in [1.82, 2.24) is 15.5 Å². The second kappa shape index (κ2) is 4.95. The average molecular weight is 258 g/mol. The molecule has 16 heavy (non-hydrogen) atoms. The van der Waals surface area contributed by atoms with Crippen molar-refractivity contribution in [2.24, 2.45) is 0 Å². The van der Waals surface area contributed by atoms with Crippen LogP contribution in [0.4, 0.5) is 0 Å². The van der Waals surface area contributed by atoms with Gasteiger partial charge in [0, 0.05) is 0 Å². The molecule has 1 N–H and O–H groups in total. The van der Waals surface area contributed by atoms with Gasteiger partial charge in [-0.3, -0.25) is 0 Å². The fraction of sp³-hybridized carbons (Fsp3) is 0.400. The van der Waals surface area contributed by atoms with E-state index in [-0.39, 0.29) is 0 Å². The molecule has 0 radical (unpaired) electrons. The lowest BCUT2D eigenvalue weighted by Gasteiger charge is -1.92. The van der Waals surface area contributed by atoms with Crippen LogP contribution in [0.2, 0.25) is 5.02 Å². The first-order valence-corrected chi connectivity index (χ1v) is 6.25. The van der Waals surface area contributed by atoms with Crippen LogP contribution in [-0.2, 0) is 6.54 Å². The van der Waals surface area contributed by atoms with Gasteiger partial charge < -0.3 is 9.84 Å². The van der Waals surface area contributed by atoms with Crippen molar-refractivity contribution in [3.63, 3.8) is 0 Å². The molecule has 2 rings (SSSR count). The Bertz CT molecular complexity index is 480. The van der Waals surface area contributed by atoms with E-state index in [0.717, 1.165) is 17.0 Å². The summed E-state index contributed by atoms with van der Waals surface area (Å²) in [5, 5.41) is 9.69. The third kappa shape index (κ3) is 2.26. The van der Waals surface area contributed by atoms with E-state index >= 15 is 0 Å². The van der Waals surface area contributed by atoms with Crippen LogP contribution in [-0.4, -0.2) is 16.7 Å². The summed E-state index contributed by atoms with van der Waals surface area (Å²) in [6.07, 6.45) is 0. The molecule has 0 atom stereocenters. The highest BCUT2D eigenvalue weighted by molar-refractivity contribution is 7.14. The molecule has 2 heterocycles. The normalized spacial score (nSPS) is 10.9. The van der Waals surface area contributed by atoms with Crippen LogP contribution in [0.5, 0.6) is 0 Å². The molecule has 0 aliphatic heterocycles. The maximum atomic E-state index is 6.12. The van der Waals surface area contributed by atoms with Crippen molar-refractivity contribution in [2.45, 2.75) is 20.4 Å². The Morgan fingerprint density at radius 3 is 3.00 bits per heavy atom. The zero-order valence-corrected chi connectivity index (χ0v) is 10.7. The van der Waals surface area contributed by atoms with Gasteiger partial charge in [0.05, 0.1) is 11.6 Å². The first kappa shape index (κ1) is 11.6. The number of hydrogen-bond donors (Lipinski definition) is 1. The second-order valence-corrected chi connectivity index (χ2v) is 4.62. The highest BCUT2D eigenvalue weighted by atomic mass is 35.5. The molecule has 0 amide bonds. The molecular formula is C10H12ClN3OS. The van der Waals surface area contributed by atoms with E-state index in [9.17, 15) is 0 Å². The highest BCUT2D eigenvalue weighted by Gasteiger charge is 2.15. The van der Waals surface area contributed by atoms with E-state index in [1.807, 2.05) is 19.2 Å². The van der Waals surface area contributed by atoms with Gasteiger partial charge in [-0.05, 0) is 24.4 Å². The van der Waals surface area contributed by atoms with Crippen LogP contribution < -0.4 is 5.32 Å². The predicted octanol–water partition coefficient (Wildman–Crippen LogP) is 2.87. The molecule has 0 fully saturated rings. The molecule has 0 spiro atoms. The quantitative estimate of drug-likeness (QED) is 0.915. The fourth-order valence-electron chi connectivity index (χ4n) is 1.23. The summed E-state index contributed by atoms with van der Waals surface area (Å²) in [6.45, 7) is 5.48. The fourth-order valence-corrected chi connectivity index (χ4v) is 2.42. The molecule has 4 nitrogen and oxygen atoms in total. The summed E-state index contributed by atoms with van der Waals surface area (Å²) in [5.74, 6) is 1.15. The van der Waals surface area contributed by atoms with E-state index < -0.39 is 0 Å². The third-order valence-corrected chi connectivity index (χ3v) is 3.78. The van der Waals surface area contributed by atoms with Gasteiger partial charge >= 0.3 is 0 Å². The standard InChI is InChI=1S/C10H12ClN3OS/c1-3-12-4-7-13-10(15-14-7)9-8(11)6(2)5-16-9/h5,12H,3-4H2,1-2H3. The van der Waals surface area contributed by atoms with Gasteiger partial charge in [0.1, 0.15) is 4.88 Å². The molecule has 6 heteroatoms. The maximum Gasteiger partial charge on any atom is 0.269 e. The number of aromatic nitrogens is 2. The summed E-state index contributed by atoms with van der Waals surface area (Å²) in [6, 6.07) is 0. The highest BCUT2D eigenvalue weighted by Crippen LogP contribution is 2.35. The Labute approximate surface area is 103 Å². The number of rotatable bonds is 4. The third-order valence-electron chi connectivity index (χ3n) is 2.09. The topological polar surface area (TPSA) is 51.0 Å². The van der Waals surface area contributed by atoms with Crippen molar-refractivity contribution in [2.75, 3.05) is 6.54 Å². The van der Waals surface area contributed by atoms with Crippen LogP contribution >= 0.6 is 22.9 Å². The molecule has 86 valence electrons.